The quantitative estimate of drug-likeness (QED) is 0.443. The maximum Gasteiger partial charge on any atom is 0.343 e. The number of nitro benzene ring substituents is 1. The van der Waals surface area contributed by atoms with Crippen molar-refractivity contribution in [2.45, 2.75) is 26.9 Å². The van der Waals surface area contributed by atoms with Crippen LogP contribution in [0.5, 0.6) is 5.75 Å². The van der Waals surface area contributed by atoms with Gasteiger partial charge in [0.15, 0.2) is 6.61 Å². The zero-order valence-electron chi connectivity index (χ0n) is 15.1. The van der Waals surface area contributed by atoms with Crippen LogP contribution < -0.4 is 10.1 Å². The standard InChI is InChI=1S/C19H22N2O5/c1-13-8-16(9-14(2)19(13)26-12-18(22)25-3)11-20-10-15-4-6-17(7-5-15)21(23)24/h4-9,20H,10-12H2,1-3H3. The fourth-order valence-electron chi connectivity index (χ4n) is 2.65. The lowest BCUT2D eigenvalue weighted by Crippen LogP contribution is -2.15. The fraction of sp³-hybridized carbons (Fsp3) is 0.316. The summed E-state index contributed by atoms with van der Waals surface area (Å²) in [5.41, 5.74) is 4.04. The third-order valence-electron chi connectivity index (χ3n) is 3.89. The molecule has 0 saturated heterocycles. The van der Waals surface area contributed by atoms with Crippen LogP contribution in [0.4, 0.5) is 5.69 Å². The number of carbonyl (C=O) groups is 1. The summed E-state index contributed by atoms with van der Waals surface area (Å²) >= 11 is 0. The molecule has 2 aromatic rings. The first kappa shape index (κ1) is 19.4. The number of hydrogen-bond donors (Lipinski definition) is 1. The van der Waals surface area contributed by atoms with Crippen LogP contribution in [0.2, 0.25) is 0 Å². The molecule has 0 unspecified atom stereocenters. The van der Waals surface area contributed by atoms with Crippen LogP contribution in [0.1, 0.15) is 22.3 Å². The van der Waals surface area contributed by atoms with Crippen molar-refractivity contribution in [3.8, 4) is 5.75 Å². The van der Waals surface area contributed by atoms with E-state index in [0.717, 1.165) is 22.3 Å². The molecule has 0 spiro atoms. The minimum absolute atomic E-state index is 0.0857. The molecule has 0 aliphatic carbocycles. The predicted molar refractivity (Wildman–Crippen MR) is 97.1 cm³/mol. The van der Waals surface area contributed by atoms with Gasteiger partial charge in [-0.15, -0.1) is 0 Å². The lowest BCUT2D eigenvalue weighted by atomic mass is 10.1. The Hall–Kier alpha value is -2.93. The van der Waals surface area contributed by atoms with Gasteiger partial charge in [-0.25, -0.2) is 4.79 Å². The summed E-state index contributed by atoms with van der Waals surface area (Å²) in [6.07, 6.45) is 0. The van der Waals surface area contributed by atoms with Crippen molar-refractivity contribution in [2.24, 2.45) is 0 Å². The summed E-state index contributed by atoms with van der Waals surface area (Å²) in [5.74, 6) is 0.271. The SMILES string of the molecule is COC(=O)COc1c(C)cc(CNCc2ccc([N+](=O)[O-])cc2)cc1C. The third kappa shape index (κ3) is 5.29. The molecule has 2 rings (SSSR count). The number of non-ortho nitro benzene ring substituents is 1. The molecular formula is C19H22N2O5. The maximum absolute atomic E-state index is 11.2. The number of hydrogen-bond acceptors (Lipinski definition) is 6. The second kappa shape index (κ2) is 8.96. The second-order valence-electron chi connectivity index (χ2n) is 5.95. The number of aryl methyl sites for hydroxylation is 2. The number of nitrogens with one attached hydrogen (secondary N) is 1. The molecule has 138 valence electrons. The summed E-state index contributed by atoms with van der Waals surface area (Å²) in [7, 11) is 1.32. The minimum atomic E-state index is -0.419. The summed E-state index contributed by atoms with van der Waals surface area (Å²) in [6, 6.07) is 10.5. The number of carbonyl (C=O) groups excluding carboxylic acids is 1. The van der Waals surface area contributed by atoms with Crippen LogP contribution in [0, 0.1) is 24.0 Å². The van der Waals surface area contributed by atoms with E-state index in [1.807, 2.05) is 26.0 Å². The Morgan fingerprint density at radius 2 is 1.65 bits per heavy atom. The Bertz CT molecular complexity index is 764. The molecule has 0 saturated carbocycles. The fourth-order valence-corrected chi connectivity index (χ4v) is 2.65. The van der Waals surface area contributed by atoms with Crippen LogP contribution in [0.15, 0.2) is 36.4 Å². The molecule has 26 heavy (non-hydrogen) atoms. The van der Waals surface area contributed by atoms with E-state index in [2.05, 4.69) is 10.1 Å². The van der Waals surface area contributed by atoms with Gasteiger partial charge in [-0.1, -0.05) is 24.3 Å². The van der Waals surface area contributed by atoms with E-state index in [1.165, 1.54) is 19.2 Å². The molecule has 0 aliphatic heterocycles. The van der Waals surface area contributed by atoms with Gasteiger partial charge >= 0.3 is 5.97 Å². The van der Waals surface area contributed by atoms with E-state index in [-0.39, 0.29) is 12.3 Å². The molecule has 0 heterocycles. The zero-order valence-corrected chi connectivity index (χ0v) is 15.1. The van der Waals surface area contributed by atoms with E-state index in [4.69, 9.17) is 4.74 Å². The van der Waals surface area contributed by atoms with Gasteiger partial charge in [0, 0.05) is 25.2 Å². The van der Waals surface area contributed by atoms with Crippen molar-refractivity contribution in [2.75, 3.05) is 13.7 Å². The highest BCUT2D eigenvalue weighted by molar-refractivity contribution is 5.71. The molecule has 0 aromatic heterocycles. The van der Waals surface area contributed by atoms with E-state index in [0.29, 0.717) is 18.8 Å². The van der Waals surface area contributed by atoms with E-state index < -0.39 is 10.9 Å². The number of ether oxygens (including phenoxy) is 2. The Labute approximate surface area is 152 Å². The van der Waals surface area contributed by atoms with Gasteiger partial charge < -0.3 is 14.8 Å². The van der Waals surface area contributed by atoms with E-state index in [9.17, 15) is 14.9 Å². The van der Waals surface area contributed by atoms with Crippen LogP contribution in [-0.2, 0) is 22.6 Å². The maximum atomic E-state index is 11.2. The highest BCUT2D eigenvalue weighted by atomic mass is 16.6. The van der Waals surface area contributed by atoms with E-state index in [1.54, 1.807) is 12.1 Å². The molecule has 0 fully saturated rings. The Kier molecular flexibility index (Phi) is 6.68. The number of benzene rings is 2. The Balaban J connectivity index is 1.93. The van der Waals surface area contributed by atoms with Gasteiger partial charge in [0.2, 0.25) is 0 Å². The zero-order chi connectivity index (χ0) is 19.1. The van der Waals surface area contributed by atoms with Crippen molar-refractivity contribution >= 4 is 11.7 Å². The van der Waals surface area contributed by atoms with Crippen molar-refractivity contribution in [3.05, 3.63) is 68.8 Å². The smallest absolute Gasteiger partial charge is 0.343 e. The average molecular weight is 358 g/mol. The number of esters is 1. The third-order valence-corrected chi connectivity index (χ3v) is 3.89. The molecule has 0 atom stereocenters. The number of nitrogens with zero attached hydrogens (tertiary/aromatic N) is 1. The summed E-state index contributed by atoms with van der Waals surface area (Å²) in [4.78, 5) is 21.5. The van der Waals surface area contributed by atoms with Crippen LogP contribution in [0.3, 0.4) is 0 Å². The Morgan fingerprint density at radius 3 is 2.19 bits per heavy atom. The van der Waals surface area contributed by atoms with Gasteiger partial charge in [-0.2, -0.15) is 0 Å². The first-order valence-corrected chi connectivity index (χ1v) is 8.14. The van der Waals surface area contributed by atoms with Gasteiger partial charge in [-0.05, 0) is 36.1 Å². The van der Waals surface area contributed by atoms with Crippen LogP contribution in [-0.4, -0.2) is 24.6 Å². The van der Waals surface area contributed by atoms with Crippen molar-refractivity contribution in [3.63, 3.8) is 0 Å². The summed E-state index contributed by atoms with van der Waals surface area (Å²) in [5, 5.41) is 14.0. The molecule has 0 amide bonds. The second-order valence-corrected chi connectivity index (χ2v) is 5.95. The largest absolute Gasteiger partial charge is 0.481 e. The predicted octanol–water partition coefficient (Wildman–Crippen LogP) is 3.05. The topological polar surface area (TPSA) is 90.7 Å². The van der Waals surface area contributed by atoms with Gasteiger partial charge in [0.05, 0.1) is 12.0 Å². The minimum Gasteiger partial charge on any atom is -0.481 e. The summed E-state index contributed by atoms with van der Waals surface area (Å²) in [6.45, 7) is 5.00. The molecular weight excluding hydrogens is 336 g/mol. The highest BCUT2D eigenvalue weighted by Crippen LogP contribution is 2.25. The lowest BCUT2D eigenvalue weighted by Gasteiger charge is -2.14. The highest BCUT2D eigenvalue weighted by Gasteiger charge is 2.09. The number of nitro groups is 1. The van der Waals surface area contributed by atoms with E-state index >= 15 is 0 Å². The summed E-state index contributed by atoms with van der Waals surface area (Å²) < 4.78 is 10.1. The monoisotopic (exact) mass is 358 g/mol. The molecule has 1 N–H and O–H groups in total. The molecule has 0 radical (unpaired) electrons. The van der Waals surface area contributed by atoms with Crippen molar-refractivity contribution in [1.82, 2.24) is 5.32 Å². The van der Waals surface area contributed by atoms with Gasteiger partial charge in [0.1, 0.15) is 5.75 Å². The lowest BCUT2D eigenvalue weighted by molar-refractivity contribution is -0.384. The molecule has 0 bridgehead atoms. The Morgan fingerprint density at radius 1 is 1.08 bits per heavy atom. The van der Waals surface area contributed by atoms with Gasteiger partial charge in [-0.3, -0.25) is 10.1 Å². The first-order chi connectivity index (χ1) is 12.4. The normalized spacial score (nSPS) is 10.4. The van der Waals surface area contributed by atoms with Crippen molar-refractivity contribution < 1.29 is 19.2 Å². The first-order valence-electron chi connectivity index (χ1n) is 8.14. The van der Waals surface area contributed by atoms with Crippen molar-refractivity contribution in [1.29, 1.82) is 0 Å². The molecule has 7 heteroatoms. The molecule has 7 nitrogen and oxygen atoms in total. The number of methoxy groups -OCH3 is 1. The number of rotatable bonds is 8. The average Bonchev–Trinajstić information content (AvgIpc) is 2.61. The molecule has 0 aliphatic rings. The van der Waals surface area contributed by atoms with Gasteiger partial charge in [0.25, 0.3) is 5.69 Å². The van der Waals surface area contributed by atoms with Crippen LogP contribution >= 0.6 is 0 Å². The van der Waals surface area contributed by atoms with Crippen LogP contribution in [0.25, 0.3) is 0 Å². The molecule has 2 aromatic carbocycles.